The van der Waals surface area contributed by atoms with Crippen LogP contribution in [0, 0.1) is 11.8 Å². The number of imidazole rings is 1. The highest BCUT2D eigenvalue weighted by atomic mass is 16.5. The standard InChI is InChI=1S/C36H37N5O2/c1-43-36(42)27-11-9-24(10-12-27)21-40-22-29(23-40)26-13-16-30(17-14-26)41-33-20-28(25-6-3-2-4-7-25)15-18-32(33)39-35(41)31-8-5-19-38-34(31)37/h2-8,13-20,24,27,29H,9-12,21-23H2,1H3,(H2,37,38). The van der Waals surface area contributed by atoms with Crippen LogP contribution < -0.4 is 5.73 Å². The Hall–Kier alpha value is -4.49. The van der Waals surface area contributed by atoms with E-state index in [1.54, 1.807) is 6.20 Å². The van der Waals surface area contributed by atoms with Crippen molar-refractivity contribution in [1.29, 1.82) is 0 Å². The summed E-state index contributed by atoms with van der Waals surface area (Å²) in [6.07, 6.45) is 5.86. The number of likely N-dealkylation sites (tertiary alicyclic amines) is 1. The number of nitrogens with zero attached hydrogens (tertiary/aromatic N) is 4. The van der Waals surface area contributed by atoms with E-state index >= 15 is 0 Å². The van der Waals surface area contributed by atoms with Crippen molar-refractivity contribution in [3.8, 4) is 28.2 Å². The van der Waals surface area contributed by atoms with Crippen LogP contribution in [0.2, 0.25) is 0 Å². The van der Waals surface area contributed by atoms with E-state index in [0.717, 1.165) is 79.0 Å². The van der Waals surface area contributed by atoms with Crippen LogP contribution in [0.5, 0.6) is 0 Å². The molecule has 7 nitrogen and oxygen atoms in total. The second kappa shape index (κ2) is 11.7. The molecule has 2 N–H and O–H groups in total. The van der Waals surface area contributed by atoms with Crippen LogP contribution in [0.1, 0.15) is 37.2 Å². The smallest absolute Gasteiger partial charge is 0.308 e. The number of nitrogens with two attached hydrogens (primary N) is 1. The third-order valence-electron chi connectivity index (χ3n) is 9.32. The largest absolute Gasteiger partial charge is 0.469 e. The zero-order valence-electron chi connectivity index (χ0n) is 24.5. The Balaban J connectivity index is 1.12. The second-order valence-corrected chi connectivity index (χ2v) is 12.0. The number of esters is 1. The number of methoxy groups -OCH3 is 1. The molecule has 2 fully saturated rings. The Morgan fingerprint density at radius 1 is 0.907 bits per heavy atom. The van der Waals surface area contributed by atoms with Gasteiger partial charge in [-0.05, 0) is 84.7 Å². The maximum atomic E-state index is 11.9. The molecule has 0 spiro atoms. The highest BCUT2D eigenvalue weighted by Gasteiger charge is 2.33. The van der Waals surface area contributed by atoms with Gasteiger partial charge in [-0.1, -0.05) is 48.5 Å². The SMILES string of the molecule is COC(=O)C1CCC(CN2CC(c3ccc(-n4c(-c5cccnc5N)nc5ccc(-c6ccccc6)cc54)cc3)C2)CC1. The van der Waals surface area contributed by atoms with E-state index in [0.29, 0.717) is 17.7 Å². The van der Waals surface area contributed by atoms with Crippen molar-refractivity contribution in [2.24, 2.45) is 11.8 Å². The van der Waals surface area contributed by atoms with Gasteiger partial charge in [0, 0.05) is 37.4 Å². The van der Waals surface area contributed by atoms with Gasteiger partial charge in [0.25, 0.3) is 0 Å². The van der Waals surface area contributed by atoms with E-state index in [-0.39, 0.29) is 11.9 Å². The van der Waals surface area contributed by atoms with Gasteiger partial charge in [0.1, 0.15) is 11.6 Å². The Kier molecular flexibility index (Phi) is 7.41. The van der Waals surface area contributed by atoms with Crippen LogP contribution in [0.4, 0.5) is 5.82 Å². The number of anilines is 1. The molecule has 1 aliphatic carbocycles. The second-order valence-electron chi connectivity index (χ2n) is 12.0. The normalized spacial score (nSPS) is 19.3. The summed E-state index contributed by atoms with van der Waals surface area (Å²) in [5.41, 5.74) is 13.8. The number of ether oxygens (including phenoxy) is 1. The summed E-state index contributed by atoms with van der Waals surface area (Å²) in [6.45, 7) is 3.30. The number of carbonyl (C=O) groups is 1. The summed E-state index contributed by atoms with van der Waals surface area (Å²) in [4.78, 5) is 23.8. The molecule has 7 rings (SSSR count). The molecule has 0 amide bonds. The minimum absolute atomic E-state index is 0.0396. The van der Waals surface area contributed by atoms with Crippen LogP contribution in [0.3, 0.4) is 0 Å². The molecule has 1 aliphatic heterocycles. The fraction of sp³-hybridized carbons (Fsp3) is 0.306. The fourth-order valence-electron chi connectivity index (χ4n) is 6.87. The van der Waals surface area contributed by atoms with Crippen LogP contribution in [0.25, 0.3) is 39.2 Å². The van der Waals surface area contributed by atoms with Crippen molar-refractivity contribution in [3.63, 3.8) is 0 Å². The average molecular weight is 572 g/mol. The number of pyridine rings is 1. The minimum atomic E-state index is -0.0396. The number of benzene rings is 3. The first-order chi connectivity index (χ1) is 21.1. The molecule has 218 valence electrons. The Morgan fingerprint density at radius 2 is 1.67 bits per heavy atom. The van der Waals surface area contributed by atoms with Crippen molar-refractivity contribution in [1.82, 2.24) is 19.4 Å². The summed E-state index contributed by atoms with van der Waals surface area (Å²) in [5.74, 6) is 2.53. The molecular formula is C36H37N5O2. The first kappa shape index (κ1) is 27.3. The molecular weight excluding hydrogens is 534 g/mol. The maximum Gasteiger partial charge on any atom is 0.308 e. The molecule has 3 heterocycles. The molecule has 3 aromatic carbocycles. The van der Waals surface area contributed by atoms with Gasteiger partial charge in [0.05, 0.1) is 29.6 Å². The van der Waals surface area contributed by atoms with Gasteiger partial charge in [0.2, 0.25) is 0 Å². The molecule has 0 bridgehead atoms. The predicted molar refractivity (Wildman–Crippen MR) is 171 cm³/mol. The lowest BCUT2D eigenvalue weighted by Crippen LogP contribution is -2.47. The number of aromatic nitrogens is 3. The van der Waals surface area contributed by atoms with Crippen LogP contribution in [-0.4, -0.2) is 52.1 Å². The van der Waals surface area contributed by atoms with Gasteiger partial charge in [-0.15, -0.1) is 0 Å². The van der Waals surface area contributed by atoms with E-state index in [1.807, 2.05) is 18.2 Å². The molecule has 5 aromatic rings. The van der Waals surface area contributed by atoms with Crippen LogP contribution >= 0.6 is 0 Å². The van der Waals surface area contributed by atoms with E-state index < -0.39 is 0 Å². The molecule has 0 radical (unpaired) electrons. The number of nitrogen functional groups attached to an aromatic ring is 1. The molecule has 43 heavy (non-hydrogen) atoms. The molecule has 2 aromatic heterocycles. The summed E-state index contributed by atoms with van der Waals surface area (Å²) < 4.78 is 7.15. The third-order valence-corrected chi connectivity index (χ3v) is 9.32. The zero-order chi connectivity index (χ0) is 29.3. The van der Waals surface area contributed by atoms with Crippen molar-refractivity contribution >= 4 is 22.8 Å². The number of carbonyl (C=O) groups excluding carboxylic acids is 1. The first-order valence-electron chi connectivity index (χ1n) is 15.3. The van der Waals surface area contributed by atoms with E-state index in [9.17, 15) is 4.79 Å². The predicted octanol–water partition coefficient (Wildman–Crippen LogP) is 6.72. The van der Waals surface area contributed by atoms with Crippen LogP contribution in [0.15, 0.2) is 91.1 Å². The molecule has 0 unspecified atom stereocenters. The Labute approximate surface area is 252 Å². The molecule has 1 saturated carbocycles. The minimum Gasteiger partial charge on any atom is -0.469 e. The van der Waals surface area contributed by atoms with Gasteiger partial charge in [0.15, 0.2) is 0 Å². The van der Waals surface area contributed by atoms with Gasteiger partial charge in [-0.3, -0.25) is 9.36 Å². The zero-order valence-corrected chi connectivity index (χ0v) is 24.5. The lowest BCUT2D eigenvalue weighted by molar-refractivity contribution is -0.146. The van der Waals surface area contributed by atoms with Crippen molar-refractivity contribution in [2.45, 2.75) is 31.6 Å². The fourth-order valence-corrected chi connectivity index (χ4v) is 6.87. The summed E-state index contributed by atoms with van der Waals surface area (Å²) in [5, 5.41) is 0. The van der Waals surface area contributed by atoms with Crippen molar-refractivity contribution < 1.29 is 9.53 Å². The lowest BCUT2D eigenvalue weighted by atomic mass is 9.80. The van der Waals surface area contributed by atoms with Gasteiger partial charge < -0.3 is 15.4 Å². The third kappa shape index (κ3) is 5.41. The molecule has 7 heteroatoms. The summed E-state index contributed by atoms with van der Waals surface area (Å²) in [7, 11) is 1.50. The molecule has 0 atom stereocenters. The Bertz CT molecular complexity index is 1730. The van der Waals surface area contributed by atoms with Gasteiger partial charge in [-0.25, -0.2) is 9.97 Å². The highest BCUT2D eigenvalue weighted by Crippen LogP contribution is 2.36. The average Bonchev–Trinajstić information content (AvgIpc) is 3.42. The summed E-state index contributed by atoms with van der Waals surface area (Å²) >= 11 is 0. The van der Waals surface area contributed by atoms with Crippen LogP contribution in [-0.2, 0) is 9.53 Å². The number of fused-ring (bicyclic) bond motifs is 1. The topological polar surface area (TPSA) is 86.3 Å². The monoisotopic (exact) mass is 571 g/mol. The Morgan fingerprint density at radius 3 is 2.40 bits per heavy atom. The van der Waals surface area contributed by atoms with E-state index in [2.05, 4.69) is 81.2 Å². The quantitative estimate of drug-likeness (QED) is 0.218. The molecule has 1 saturated heterocycles. The van der Waals surface area contributed by atoms with Gasteiger partial charge in [-0.2, -0.15) is 0 Å². The van der Waals surface area contributed by atoms with E-state index in [4.69, 9.17) is 15.5 Å². The summed E-state index contributed by atoms with van der Waals surface area (Å²) in [6, 6.07) is 29.7. The number of hydrogen-bond acceptors (Lipinski definition) is 6. The van der Waals surface area contributed by atoms with Crippen molar-refractivity contribution in [3.05, 3.63) is 96.7 Å². The van der Waals surface area contributed by atoms with Crippen molar-refractivity contribution in [2.75, 3.05) is 32.5 Å². The first-order valence-corrected chi connectivity index (χ1v) is 15.3. The lowest BCUT2D eigenvalue weighted by Gasteiger charge is -2.42. The number of rotatable bonds is 7. The number of hydrogen-bond donors (Lipinski definition) is 1. The highest BCUT2D eigenvalue weighted by molar-refractivity contribution is 5.88. The van der Waals surface area contributed by atoms with E-state index in [1.165, 1.54) is 18.2 Å². The molecule has 2 aliphatic rings. The van der Waals surface area contributed by atoms with Gasteiger partial charge >= 0.3 is 5.97 Å². The maximum absolute atomic E-state index is 11.9.